The lowest BCUT2D eigenvalue weighted by atomic mass is 10.1. The van der Waals surface area contributed by atoms with Crippen LogP contribution < -0.4 is 10.2 Å². The molecule has 0 saturated heterocycles. The normalized spacial score (nSPS) is 17.4. The van der Waals surface area contributed by atoms with Gasteiger partial charge in [-0.3, -0.25) is 0 Å². The Morgan fingerprint density at radius 3 is 2.94 bits per heavy atom. The molecule has 2 rings (SSSR count). The van der Waals surface area contributed by atoms with Gasteiger partial charge in [-0.2, -0.15) is 0 Å². The molecule has 0 amide bonds. The maximum Gasteiger partial charge on any atom is 0.0401 e. The standard InChI is InChI=1S/C15H24N2/c1-13(10-11-16-2)17-12-6-5-8-14-7-3-4-9-15(14)17/h3-4,7,9,13,16H,5-6,8,10-12H2,1-2H3. The molecule has 17 heavy (non-hydrogen) atoms. The van der Waals surface area contributed by atoms with Crippen molar-refractivity contribution in [3.05, 3.63) is 29.8 Å². The second kappa shape index (κ2) is 6.06. The lowest BCUT2D eigenvalue weighted by molar-refractivity contribution is 0.562. The highest BCUT2D eigenvalue weighted by Crippen LogP contribution is 2.28. The Morgan fingerprint density at radius 2 is 2.12 bits per heavy atom. The van der Waals surface area contributed by atoms with Crippen LogP contribution in [0.4, 0.5) is 5.69 Å². The van der Waals surface area contributed by atoms with E-state index in [9.17, 15) is 0 Å². The lowest BCUT2D eigenvalue weighted by Gasteiger charge is -2.31. The van der Waals surface area contributed by atoms with Crippen molar-refractivity contribution >= 4 is 5.69 Å². The summed E-state index contributed by atoms with van der Waals surface area (Å²) in [6.07, 6.45) is 5.10. The number of anilines is 1. The molecule has 1 aromatic carbocycles. The van der Waals surface area contributed by atoms with Gasteiger partial charge >= 0.3 is 0 Å². The maximum atomic E-state index is 3.25. The minimum Gasteiger partial charge on any atom is -0.369 e. The third-order valence-electron chi connectivity index (χ3n) is 3.74. The van der Waals surface area contributed by atoms with Gasteiger partial charge in [0.25, 0.3) is 0 Å². The first kappa shape index (κ1) is 12.4. The van der Waals surface area contributed by atoms with Crippen LogP contribution in [0.3, 0.4) is 0 Å². The second-order valence-electron chi connectivity index (χ2n) is 5.02. The van der Waals surface area contributed by atoms with Crippen LogP contribution >= 0.6 is 0 Å². The lowest BCUT2D eigenvalue weighted by Crippen LogP contribution is -2.35. The zero-order chi connectivity index (χ0) is 12.1. The summed E-state index contributed by atoms with van der Waals surface area (Å²) in [4.78, 5) is 2.60. The van der Waals surface area contributed by atoms with E-state index in [1.165, 1.54) is 43.5 Å². The fourth-order valence-corrected chi connectivity index (χ4v) is 2.69. The van der Waals surface area contributed by atoms with Gasteiger partial charge in [-0.05, 0) is 57.8 Å². The number of hydrogen-bond acceptors (Lipinski definition) is 2. The van der Waals surface area contributed by atoms with E-state index in [1.54, 1.807) is 0 Å². The van der Waals surface area contributed by atoms with Gasteiger partial charge < -0.3 is 10.2 Å². The summed E-state index contributed by atoms with van der Waals surface area (Å²) in [5.41, 5.74) is 3.00. The Hall–Kier alpha value is -1.02. The SMILES string of the molecule is CNCCC(C)N1CCCCc2ccccc21. The van der Waals surface area contributed by atoms with E-state index in [1.807, 2.05) is 7.05 Å². The van der Waals surface area contributed by atoms with E-state index >= 15 is 0 Å². The van der Waals surface area contributed by atoms with E-state index in [4.69, 9.17) is 0 Å². The van der Waals surface area contributed by atoms with Crippen molar-refractivity contribution in [3.63, 3.8) is 0 Å². The summed E-state index contributed by atoms with van der Waals surface area (Å²) in [5.74, 6) is 0. The molecular weight excluding hydrogens is 208 g/mol. The van der Waals surface area contributed by atoms with Crippen LogP contribution in [0.5, 0.6) is 0 Å². The highest BCUT2D eigenvalue weighted by Gasteiger charge is 2.18. The molecule has 0 radical (unpaired) electrons. The predicted molar refractivity (Wildman–Crippen MR) is 74.7 cm³/mol. The van der Waals surface area contributed by atoms with Crippen molar-refractivity contribution in [1.82, 2.24) is 5.32 Å². The molecule has 1 aromatic rings. The number of fused-ring (bicyclic) bond motifs is 1. The first-order valence-corrected chi connectivity index (χ1v) is 6.82. The van der Waals surface area contributed by atoms with E-state index in [-0.39, 0.29) is 0 Å². The molecule has 0 bridgehead atoms. The van der Waals surface area contributed by atoms with Crippen molar-refractivity contribution in [3.8, 4) is 0 Å². The van der Waals surface area contributed by atoms with Gasteiger partial charge in [0.05, 0.1) is 0 Å². The number of nitrogens with zero attached hydrogens (tertiary/aromatic N) is 1. The van der Waals surface area contributed by atoms with Gasteiger partial charge in [-0.1, -0.05) is 18.2 Å². The summed E-state index contributed by atoms with van der Waals surface area (Å²) < 4.78 is 0. The molecule has 0 aromatic heterocycles. The first-order chi connectivity index (χ1) is 8.33. The van der Waals surface area contributed by atoms with Crippen molar-refractivity contribution < 1.29 is 0 Å². The number of hydrogen-bond donors (Lipinski definition) is 1. The molecule has 94 valence electrons. The first-order valence-electron chi connectivity index (χ1n) is 6.82. The van der Waals surface area contributed by atoms with Crippen molar-refractivity contribution in [2.45, 2.75) is 38.6 Å². The molecule has 0 aliphatic carbocycles. The Labute approximate surface area is 105 Å². The van der Waals surface area contributed by atoms with E-state index in [0.29, 0.717) is 6.04 Å². The zero-order valence-electron chi connectivity index (χ0n) is 11.1. The predicted octanol–water partition coefficient (Wildman–Crippen LogP) is 2.83. The number of aryl methyl sites for hydroxylation is 1. The number of para-hydroxylation sites is 1. The number of rotatable bonds is 4. The Kier molecular flexibility index (Phi) is 4.43. The highest BCUT2D eigenvalue weighted by atomic mass is 15.2. The Bertz CT molecular complexity index is 349. The molecule has 2 nitrogen and oxygen atoms in total. The van der Waals surface area contributed by atoms with Crippen LogP contribution in [0, 0.1) is 0 Å². The molecule has 0 fully saturated rings. The van der Waals surface area contributed by atoms with Crippen LogP contribution in [-0.2, 0) is 6.42 Å². The third-order valence-corrected chi connectivity index (χ3v) is 3.74. The number of nitrogens with one attached hydrogen (secondary N) is 1. The quantitative estimate of drug-likeness (QED) is 0.858. The number of benzene rings is 1. The van der Waals surface area contributed by atoms with Crippen molar-refractivity contribution in [1.29, 1.82) is 0 Å². The van der Waals surface area contributed by atoms with Gasteiger partial charge in [-0.25, -0.2) is 0 Å². The van der Waals surface area contributed by atoms with Gasteiger partial charge in [0.15, 0.2) is 0 Å². The van der Waals surface area contributed by atoms with E-state index in [0.717, 1.165) is 6.54 Å². The van der Waals surface area contributed by atoms with Crippen LogP contribution in [0.2, 0.25) is 0 Å². The average Bonchev–Trinajstić information content (AvgIpc) is 2.58. The van der Waals surface area contributed by atoms with Crippen molar-refractivity contribution in [2.24, 2.45) is 0 Å². The van der Waals surface area contributed by atoms with Crippen molar-refractivity contribution in [2.75, 3.05) is 25.0 Å². The van der Waals surface area contributed by atoms with Gasteiger partial charge in [0.2, 0.25) is 0 Å². The highest BCUT2D eigenvalue weighted by molar-refractivity contribution is 5.55. The summed E-state index contributed by atoms with van der Waals surface area (Å²) in [5, 5.41) is 3.25. The Morgan fingerprint density at radius 1 is 1.29 bits per heavy atom. The zero-order valence-corrected chi connectivity index (χ0v) is 11.1. The monoisotopic (exact) mass is 232 g/mol. The second-order valence-corrected chi connectivity index (χ2v) is 5.02. The molecule has 0 spiro atoms. The van der Waals surface area contributed by atoms with Gasteiger partial charge in [-0.15, -0.1) is 0 Å². The van der Waals surface area contributed by atoms with Crippen LogP contribution in [0.25, 0.3) is 0 Å². The van der Waals surface area contributed by atoms with Crippen LogP contribution in [-0.4, -0.2) is 26.2 Å². The largest absolute Gasteiger partial charge is 0.369 e. The molecule has 1 unspecified atom stereocenters. The fourth-order valence-electron chi connectivity index (χ4n) is 2.69. The smallest absolute Gasteiger partial charge is 0.0401 e. The fraction of sp³-hybridized carbons (Fsp3) is 0.600. The molecule has 0 saturated carbocycles. The molecule has 1 atom stereocenters. The summed E-state index contributed by atoms with van der Waals surface area (Å²) >= 11 is 0. The molecule has 1 aliphatic rings. The molecule has 1 N–H and O–H groups in total. The summed E-state index contributed by atoms with van der Waals surface area (Å²) in [7, 11) is 2.03. The Balaban J connectivity index is 2.16. The third kappa shape index (κ3) is 3.01. The minimum absolute atomic E-state index is 0.627. The molecule has 1 heterocycles. The summed E-state index contributed by atoms with van der Waals surface area (Å²) in [6.45, 7) is 4.65. The summed E-state index contributed by atoms with van der Waals surface area (Å²) in [6, 6.07) is 9.54. The van der Waals surface area contributed by atoms with Crippen LogP contribution in [0.1, 0.15) is 31.7 Å². The topological polar surface area (TPSA) is 15.3 Å². The van der Waals surface area contributed by atoms with Gasteiger partial charge in [0, 0.05) is 18.3 Å². The van der Waals surface area contributed by atoms with E-state index in [2.05, 4.69) is 41.4 Å². The van der Waals surface area contributed by atoms with E-state index < -0.39 is 0 Å². The molecule has 2 heteroatoms. The van der Waals surface area contributed by atoms with Gasteiger partial charge in [0.1, 0.15) is 0 Å². The molecular formula is C15H24N2. The van der Waals surface area contributed by atoms with Crippen LogP contribution in [0.15, 0.2) is 24.3 Å². The average molecular weight is 232 g/mol. The maximum absolute atomic E-state index is 3.25. The minimum atomic E-state index is 0.627. The molecule has 1 aliphatic heterocycles.